The first kappa shape index (κ1) is 17.7. The smallest absolute Gasteiger partial charge is 0.410 e. The number of rotatable bonds is 2. The molecule has 6 nitrogen and oxygen atoms in total. The fraction of sp³-hybridized carbons (Fsp3) is 0.579. The van der Waals surface area contributed by atoms with Gasteiger partial charge in [0, 0.05) is 43.8 Å². The third-order valence-corrected chi connectivity index (χ3v) is 4.62. The SMILES string of the molecule is C[C@@H]1CN[C@@H](CN2Cc3ccccc3C2=O)CN1C(=O)OC(C)(C)C. The van der Waals surface area contributed by atoms with E-state index in [-0.39, 0.29) is 24.1 Å². The number of benzene rings is 1. The van der Waals surface area contributed by atoms with Gasteiger partial charge >= 0.3 is 6.09 Å². The van der Waals surface area contributed by atoms with Crippen LogP contribution in [0, 0.1) is 0 Å². The minimum atomic E-state index is -0.510. The zero-order valence-electron chi connectivity index (χ0n) is 15.4. The molecule has 25 heavy (non-hydrogen) atoms. The Labute approximate surface area is 149 Å². The molecule has 3 rings (SSSR count). The van der Waals surface area contributed by atoms with E-state index in [1.165, 1.54) is 0 Å². The van der Waals surface area contributed by atoms with Crippen molar-refractivity contribution in [3.63, 3.8) is 0 Å². The number of carbonyl (C=O) groups is 2. The van der Waals surface area contributed by atoms with Crippen molar-refractivity contribution in [2.24, 2.45) is 0 Å². The maximum atomic E-state index is 12.5. The Morgan fingerprint density at radius 2 is 2.04 bits per heavy atom. The Bertz CT molecular complexity index is 668. The minimum absolute atomic E-state index is 0.0435. The number of hydrogen-bond donors (Lipinski definition) is 1. The second-order valence-corrected chi connectivity index (χ2v) is 7.93. The largest absolute Gasteiger partial charge is 0.444 e. The van der Waals surface area contributed by atoms with Gasteiger partial charge in [0.15, 0.2) is 0 Å². The van der Waals surface area contributed by atoms with Crippen LogP contribution in [-0.4, -0.2) is 59.1 Å². The molecule has 1 aromatic carbocycles. The average Bonchev–Trinajstić information content (AvgIpc) is 2.84. The number of amides is 2. The van der Waals surface area contributed by atoms with Crippen molar-refractivity contribution in [1.82, 2.24) is 15.1 Å². The molecule has 0 bridgehead atoms. The summed E-state index contributed by atoms with van der Waals surface area (Å²) >= 11 is 0. The van der Waals surface area contributed by atoms with Crippen LogP contribution >= 0.6 is 0 Å². The van der Waals surface area contributed by atoms with Gasteiger partial charge in [-0.2, -0.15) is 0 Å². The van der Waals surface area contributed by atoms with Gasteiger partial charge in [0.25, 0.3) is 5.91 Å². The van der Waals surface area contributed by atoms with Gasteiger partial charge in [0.05, 0.1) is 0 Å². The highest BCUT2D eigenvalue weighted by Crippen LogP contribution is 2.23. The van der Waals surface area contributed by atoms with Crippen molar-refractivity contribution in [3.05, 3.63) is 35.4 Å². The predicted molar refractivity (Wildman–Crippen MR) is 95.4 cm³/mol. The summed E-state index contributed by atoms with van der Waals surface area (Å²) in [6.45, 7) is 10.1. The van der Waals surface area contributed by atoms with Crippen molar-refractivity contribution in [2.75, 3.05) is 19.6 Å². The third-order valence-electron chi connectivity index (χ3n) is 4.62. The van der Waals surface area contributed by atoms with E-state index in [0.717, 1.165) is 11.1 Å². The van der Waals surface area contributed by atoms with E-state index in [1.807, 2.05) is 56.9 Å². The number of nitrogens with zero attached hydrogens (tertiary/aromatic N) is 2. The Morgan fingerprint density at radius 3 is 2.72 bits per heavy atom. The molecule has 2 amide bonds. The van der Waals surface area contributed by atoms with Crippen molar-refractivity contribution < 1.29 is 14.3 Å². The zero-order chi connectivity index (χ0) is 18.2. The molecule has 1 saturated heterocycles. The van der Waals surface area contributed by atoms with Gasteiger partial charge in [-0.05, 0) is 39.3 Å². The molecule has 2 aliphatic heterocycles. The van der Waals surface area contributed by atoms with Gasteiger partial charge in [-0.3, -0.25) is 4.79 Å². The van der Waals surface area contributed by atoms with Crippen LogP contribution in [0.1, 0.15) is 43.6 Å². The second kappa shape index (κ2) is 6.67. The van der Waals surface area contributed by atoms with Crippen molar-refractivity contribution >= 4 is 12.0 Å². The summed E-state index contributed by atoms with van der Waals surface area (Å²) in [4.78, 5) is 28.6. The molecule has 1 aromatic rings. The highest BCUT2D eigenvalue weighted by molar-refractivity contribution is 5.98. The molecule has 0 radical (unpaired) electrons. The van der Waals surface area contributed by atoms with Crippen LogP contribution in [0.4, 0.5) is 4.79 Å². The first-order chi connectivity index (χ1) is 11.7. The van der Waals surface area contributed by atoms with E-state index in [0.29, 0.717) is 26.2 Å². The lowest BCUT2D eigenvalue weighted by Gasteiger charge is -2.40. The van der Waals surface area contributed by atoms with E-state index in [9.17, 15) is 9.59 Å². The van der Waals surface area contributed by atoms with Crippen LogP contribution in [0.5, 0.6) is 0 Å². The van der Waals surface area contributed by atoms with Crippen molar-refractivity contribution in [3.8, 4) is 0 Å². The summed E-state index contributed by atoms with van der Waals surface area (Å²) in [5.41, 5.74) is 1.35. The second-order valence-electron chi connectivity index (χ2n) is 7.93. The van der Waals surface area contributed by atoms with Gasteiger partial charge in [-0.1, -0.05) is 18.2 Å². The fourth-order valence-corrected chi connectivity index (χ4v) is 3.35. The maximum Gasteiger partial charge on any atom is 0.410 e. The van der Waals surface area contributed by atoms with E-state index in [2.05, 4.69) is 5.32 Å². The summed E-state index contributed by atoms with van der Waals surface area (Å²) in [5, 5.41) is 3.45. The zero-order valence-corrected chi connectivity index (χ0v) is 15.4. The Kier molecular flexibility index (Phi) is 4.73. The summed E-state index contributed by atoms with van der Waals surface area (Å²) < 4.78 is 5.52. The van der Waals surface area contributed by atoms with Crippen molar-refractivity contribution in [2.45, 2.75) is 51.9 Å². The lowest BCUT2D eigenvalue weighted by molar-refractivity contribution is 0.00817. The minimum Gasteiger partial charge on any atom is -0.444 e. The molecule has 0 aromatic heterocycles. The van der Waals surface area contributed by atoms with Crippen LogP contribution in [0.25, 0.3) is 0 Å². The quantitative estimate of drug-likeness (QED) is 0.893. The Morgan fingerprint density at radius 1 is 1.32 bits per heavy atom. The number of carbonyl (C=O) groups excluding carboxylic acids is 2. The van der Waals surface area contributed by atoms with Crippen LogP contribution in [0.15, 0.2) is 24.3 Å². The van der Waals surface area contributed by atoms with Gasteiger partial charge in [-0.25, -0.2) is 4.79 Å². The first-order valence-electron chi connectivity index (χ1n) is 8.85. The summed E-state index contributed by atoms with van der Waals surface area (Å²) in [7, 11) is 0. The molecule has 1 fully saturated rings. The highest BCUT2D eigenvalue weighted by Gasteiger charge is 2.35. The van der Waals surface area contributed by atoms with Crippen LogP contribution in [0.3, 0.4) is 0 Å². The first-order valence-corrected chi connectivity index (χ1v) is 8.85. The van der Waals surface area contributed by atoms with E-state index in [4.69, 9.17) is 4.74 Å². The Hall–Kier alpha value is -2.08. The normalized spacial score (nSPS) is 23.6. The number of piperazine rings is 1. The van der Waals surface area contributed by atoms with E-state index >= 15 is 0 Å². The number of nitrogens with one attached hydrogen (secondary N) is 1. The molecule has 0 spiro atoms. The molecular weight excluding hydrogens is 318 g/mol. The Balaban J connectivity index is 1.63. The summed E-state index contributed by atoms with van der Waals surface area (Å²) in [6.07, 6.45) is -0.289. The van der Waals surface area contributed by atoms with Gasteiger partial charge in [0.1, 0.15) is 5.60 Å². The average molecular weight is 345 g/mol. The van der Waals surface area contributed by atoms with E-state index in [1.54, 1.807) is 4.90 Å². The molecule has 0 aliphatic carbocycles. The van der Waals surface area contributed by atoms with E-state index < -0.39 is 5.60 Å². The molecule has 0 unspecified atom stereocenters. The standard InChI is InChI=1S/C19H27N3O3/c1-13-9-20-15(12-22(13)18(24)25-19(2,3)4)11-21-10-14-7-5-6-8-16(14)17(21)23/h5-8,13,15,20H,9-12H2,1-4H3/t13-,15+/m1/s1. The third kappa shape index (κ3) is 3.95. The number of hydrogen-bond acceptors (Lipinski definition) is 4. The predicted octanol–water partition coefficient (Wildman–Crippen LogP) is 2.24. The molecular formula is C19H27N3O3. The van der Waals surface area contributed by atoms with Gasteiger partial charge < -0.3 is 19.9 Å². The van der Waals surface area contributed by atoms with Gasteiger partial charge in [-0.15, -0.1) is 0 Å². The molecule has 0 saturated carbocycles. The summed E-state index contributed by atoms with van der Waals surface area (Å²) in [5.74, 6) is 0.0693. The number of ether oxygens (including phenoxy) is 1. The molecule has 2 atom stereocenters. The summed E-state index contributed by atoms with van der Waals surface area (Å²) in [6, 6.07) is 7.84. The van der Waals surface area contributed by atoms with Crippen molar-refractivity contribution in [1.29, 1.82) is 0 Å². The lowest BCUT2D eigenvalue weighted by Crippen LogP contribution is -2.60. The van der Waals surface area contributed by atoms with Crippen LogP contribution in [-0.2, 0) is 11.3 Å². The highest BCUT2D eigenvalue weighted by atomic mass is 16.6. The monoisotopic (exact) mass is 345 g/mol. The molecule has 6 heteroatoms. The molecule has 2 heterocycles. The van der Waals surface area contributed by atoms with Gasteiger partial charge in [0.2, 0.25) is 0 Å². The van der Waals surface area contributed by atoms with Crippen LogP contribution < -0.4 is 5.32 Å². The fourth-order valence-electron chi connectivity index (χ4n) is 3.35. The molecule has 2 aliphatic rings. The topological polar surface area (TPSA) is 61.9 Å². The van der Waals surface area contributed by atoms with Crippen LogP contribution in [0.2, 0.25) is 0 Å². The lowest BCUT2D eigenvalue weighted by atomic mass is 10.1. The molecule has 136 valence electrons. The maximum absolute atomic E-state index is 12.5. The number of fused-ring (bicyclic) bond motifs is 1. The molecule has 1 N–H and O–H groups in total.